The first-order valence-electron chi connectivity index (χ1n) is 7.30. The van der Waals surface area contributed by atoms with Crippen LogP contribution in [0.4, 0.5) is 5.69 Å². The van der Waals surface area contributed by atoms with Crippen LogP contribution in [0, 0.1) is 11.3 Å². The van der Waals surface area contributed by atoms with Crippen LogP contribution in [0.15, 0.2) is 42.5 Å². The van der Waals surface area contributed by atoms with E-state index in [-0.39, 0.29) is 5.91 Å². The molecule has 5 heteroatoms. The summed E-state index contributed by atoms with van der Waals surface area (Å²) in [6.45, 7) is 3.66. The average molecular weight is 329 g/mol. The highest BCUT2D eigenvalue weighted by molar-refractivity contribution is 6.31. The monoisotopic (exact) mass is 328 g/mol. The van der Waals surface area contributed by atoms with Crippen LogP contribution in [0.25, 0.3) is 0 Å². The number of anilines is 1. The fourth-order valence-corrected chi connectivity index (χ4v) is 2.33. The maximum atomic E-state index is 12.2. The van der Waals surface area contributed by atoms with Crippen molar-refractivity contribution in [2.75, 3.05) is 5.32 Å². The van der Waals surface area contributed by atoms with E-state index in [2.05, 4.69) is 5.32 Å². The molecule has 0 fully saturated rings. The number of hydrogen-bond donors (Lipinski definition) is 1. The lowest BCUT2D eigenvalue weighted by Gasteiger charge is -2.16. The average Bonchev–Trinajstić information content (AvgIpc) is 2.56. The number of carbonyl (C=O) groups is 1. The first-order valence-corrected chi connectivity index (χ1v) is 7.68. The topological polar surface area (TPSA) is 62.1 Å². The fourth-order valence-electron chi connectivity index (χ4n) is 2.08. The van der Waals surface area contributed by atoms with Crippen molar-refractivity contribution in [3.63, 3.8) is 0 Å². The highest BCUT2D eigenvalue weighted by atomic mass is 35.5. The van der Waals surface area contributed by atoms with Gasteiger partial charge in [-0.05, 0) is 49.2 Å². The number of amides is 1. The molecular weight excluding hydrogens is 312 g/mol. The third-order valence-corrected chi connectivity index (χ3v) is 3.75. The maximum Gasteiger partial charge on any atom is 0.265 e. The van der Waals surface area contributed by atoms with Gasteiger partial charge in [-0.2, -0.15) is 5.26 Å². The summed E-state index contributed by atoms with van der Waals surface area (Å²) >= 11 is 6.07. The SMILES string of the molecule is CCc1cc(O[C@H](C)C(=O)Nc2ccccc2C#N)ccc1Cl. The maximum absolute atomic E-state index is 12.2. The molecule has 0 aromatic heterocycles. The van der Waals surface area contributed by atoms with E-state index in [4.69, 9.17) is 21.6 Å². The third kappa shape index (κ3) is 4.24. The van der Waals surface area contributed by atoms with Crippen LogP contribution in [0.3, 0.4) is 0 Å². The van der Waals surface area contributed by atoms with Gasteiger partial charge in [0.1, 0.15) is 11.8 Å². The van der Waals surface area contributed by atoms with Crippen molar-refractivity contribution in [3.05, 3.63) is 58.6 Å². The molecule has 0 radical (unpaired) electrons. The number of aryl methyl sites for hydroxylation is 1. The van der Waals surface area contributed by atoms with Crippen molar-refractivity contribution in [1.82, 2.24) is 0 Å². The second-order valence-corrected chi connectivity index (χ2v) is 5.42. The van der Waals surface area contributed by atoms with E-state index in [1.807, 2.05) is 19.1 Å². The lowest BCUT2D eigenvalue weighted by atomic mass is 10.1. The Bertz CT molecular complexity index is 753. The van der Waals surface area contributed by atoms with Gasteiger partial charge in [-0.15, -0.1) is 0 Å². The second kappa shape index (κ2) is 7.66. The Hall–Kier alpha value is -2.51. The van der Waals surface area contributed by atoms with E-state index >= 15 is 0 Å². The quantitative estimate of drug-likeness (QED) is 0.895. The summed E-state index contributed by atoms with van der Waals surface area (Å²) in [4.78, 5) is 12.2. The minimum absolute atomic E-state index is 0.319. The zero-order chi connectivity index (χ0) is 16.8. The second-order valence-electron chi connectivity index (χ2n) is 5.01. The minimum Gasteiger partial charge on any atom is -0.481 e. The van der Waals surface area contributed by atoms with Crippen LogP contribution in [0.1, 0.15) is 25.0 Å². The van der Waals surface area contributed by atoms with Gasteiger partial charge in [0, 0.05) is 5.02 Å². The van der Waals surface area contributed by atoms with Gasteiger partial charge in [-0.1, -0.05) is 30.7 Å². The van der Waals surface area contributed by atoms with Crippen LogP contribution >= 0.6 is 11.6 Å². The van der Waals surface area contributed by atoms with Crippen molar-refractivity contribution in [3.8, 4) is 11.8 Å². The van der Waals surface area contributed by atoms with E-state index in [0.717, 1.165) is 12.0 Å². The number of rotatable bonds is 5. The van der Waals surface area contributed by atoms with Crippen molar-refractivity contribution in [1.29, 1.82) is 5.26 Å². The van der Waals surface area contributed by atoms with Gasteiger partial charge in [-0.3, -0.25) is 4.79 Å². The Labute approximate surface area is 140 Å². The number of benzene rings is 2. The predicted octanol–water partition coefficient (Wildman–Crippen LogP) is 4.18. The Balaban J connectivity index is 2.07. The lowest BCUT2D eigenvalue weighted by Crippen LogP contribution is -2.30. The van der Waals surface area contributed by atoms with E-state index in [1.54, 1.807) is 43.3 Å². The molecule has 0 aliphatic heterocycles. The number of nitrogens with zero attached hydrogens (tertiary/aromatic N) is 1. The summed E-state index contributed by atoms with van der Waals surface area (Å²) in [6, 6.07) is 14.2. The molecule has 2 aromatic rings. The van der Waals surface area contributed by atoms with E-state index in [1.165, 1.54) is 0 Å². The van der Waals surface area contributed by atoms with Gasteiger partial charge >= 0.3 is 0 Å². The molecule has 2 aromatic carbocycles. The van der Waals surface area contributed by atoms with Gasteiger partial charge in [0.25, 0.3) is 5.91 Å². The molecule has 1 atom stereocenters. The molecule has 118 valence electrons. The van der Waals surface area contributed by atoms with Crippen LogP contribution in [0.2, 0.25) is 5.02 Å². The summed E-state index contributed by atoms with van der Waals surface area (Å²) in [5.74, 6) is 0.267. The third-order valence-electron chi connectivity index (χ3n) is 3.39. The molecule has 0 spiro atoms. The standard InChI is InChI=1S/C18H17ClN2O2/c1-3-13-10-15(8-9-16(13)19)23-12(2)18(22)21-17-7-5-4-6-14(17)11-20/h4-10,12H,3H2,1-2H3,(H,21,22)/t12-/m1/s1. The highest BCUT2D eigenvalue weighted by Gasteiger charge is 2.16. The molecule has 0 saturated carbocycles. The van der Waals surface area contributed by atoms with Crippen molar-refractivity contribution in [2.24, 2.45) is 0 Å². The molecule has 0 aliphatic rings. The zero-order valence-electron chi connectivity index (χ0n) is 13.0. The first-order chi connectivity index (χ1) is 11.0. The Morgan fingerprint density at radius 3 is 2.78 bits per heavy atom. The molecule has 1 amide bonds. The van der Waals surface area contributed by atoms with Crippen LogP contribution in [-0.2, 0) is 11.2 Å². The summed E-state index contributed by atoms with van der Waals surface area (Å²) in [5.41, 5.74) is 1.85. The zero-order valence-corrected chi connectivity index (χ0v) is 13.7. The van der Waals surface area contributed by atoms with Gasteiger partial charge in [0.05, 0.1) is 11.3 Å². The van der Waals surface area contributed by atoms with Crippen LogP contribution < -0.4 is 10.1 Å². The number of carbonyl (C=O) groups excluding carboxylic acids is 1. The van der Waals surface area contributed by atoms with Crippen molar-refractivity contribution < 1.29 is 9.53 Å². The molecule has 23 heavy (non-hydrogen) atoms. The summed E-state index contributed by atoms with van der Waals surface area (Å²) in [7, 11) is 0. The Kier molecular flexibility index (Phi) is 5.61. The fraction of sp³-hybridized carbons (Fsp3) is 0.222. The molecule has 0 unspecified atom stereocenters. The number of ether oxygens (including phenoxy) is 1. The molecule has 2 rings (SSSR count). The van der Waals surface area contributed by atoms with Crippen LogP contribution in [0.5, 0.6) is 5.75 Å². The van der Waals surface area contributed by atoms with Gasteiger partial charge in [0.15, 0.2) is 6.10 Å². The number of nitrogens with one attached hydrogen (secondary N) is 1. The molecule has 1 N–H and O–H groups in total. The normalized spacial score (nSPS) is 11.4. The van der Waals surface area contributed by atoms with Crippen molar-refractivity contribution >= 4 is 23.2 Å². The summed E-state index contributed by atoms with van der Waals surface area (Å²) in [5, 5.41) is 12.4. The number of nitriles is 1. The van der Waals surface area contributed by atoms with Crippen LogP contribution in [-0.4, -0.2) is 12.0 Å². The van der Waals surface area contributed by atoms with E-state index in [0.29, 0.717) is 22.0 Å². The molecule has 0 aliphatic carbocycles. The first kappa shape index (κ1) is 16.9. The smallest absolute Gasteiger partial charge is 0.265 e. The Morgan fingerprint density at radius 1 is 1.35 bits per heavy atom. The van der Waals surface area contributed by atoms with Gasteiger partial charge < -0.3 is 10.1 Å². The minimum atomic E-state index is -0.701. The molecule has 4 nitrogen and oxygen atoms in total. The molecular formula is C18H17ClN2O2. The van der Waals surface area contributed by atoms with Crippen molar-refractivity contribution in [2.45, 2.75) is 26.4 Å². The largest absolute Gasteiger partial charge is 0.481 e. The number of halogens is 1. The summed E-state index contributed by atoms with van der Waals surface area (Å²) in [6.07, 6.45) is 0.0826. The number of para-hydroxylation sites is 1. The van der Waals surface area contributed by atoms with Gasteiger partial charge in [0.2, 0.25) is 0 Å². The molecule has 0 heterocycles. The Morgan fingerprint density at radius 2 is 2.09 bits per heavy atom. The van der Waals surface area contributed by atoms with E-state index < -0.39 is 6.10 Å². The highest BCUT2D eigenvalue weighted by Crippen LogP contribution is 2.23. The van der Waals surface area contributed by atoms with E-state index in [9.17, 15) is 4.79 Å². The lowest BCUT2D eigenvalue weighted by molar-refractivity contribution is -0.122. The number of hydrogen-bond acceptors (Lipinski definition) is 3. The molecule has 0 saturated heterocycles. The predicted molar refractivity (Wildman–Crippen MR) is 90.7 cm³/mol. The molecule has 0 bridgehead atoms. The van der Waals surface area contributed by atoms with Gasteiger partial charge in [-0.25, -0.2) is 0 Å². The summed E-state index contributed by atoms with van der Waals surface area (Å²) < 4.78 is 5.67.